The molecule has 0 atom stereocenters. The molecule has 0 saturated heterocycles. The second kappa shape index (κ2) is 8.59. The van der Waals surface area contributed by atoms with Crippen molar-refractivity contribution in [1.82, 2.24) is 5.43 Å². The van der Waals surface area contributed by atoms with Crippen LogP contribution in [0.5, 0.6) is 0 Å². The van der Waals surface area contributed by atoms with Gasteiger partial charge in [0.25, 0.3) is 5.91 Å². The molecule has 1 N–H and O–H groups in total. The highest BCUT2D eigenvalue weighted by molar-refractivity contribution is 9.10. The number of hydrogen-bond acceptors (Lipinski definition) is 2. The molecule has 0 aliphatic carbocycles. The van der Waals surface area contributed by atoms with E-state index in [1.807, 2.05) is 55.5 Å². The molecule has 3 aromatic carbocycles. The van der Waals surface area contributed by atoms with Crippen molar-refractivity contribution in [2.75, 3.05) is 0 Å². The summed E-state index contributed by atoms with van der Waals surface area (Å²) in [5.41, 5.74) is 6.33. The van der Waals surface area contributed by atoms with Gasteiger partial charge < -0.3 is 0 Å². The van der Waals surface area contributed by atoms with Crippen LogP contribution in [0.1, 0.15) is 34.3 Å². The summed E-state index contributed by atoms with van der Waals surface area (Å²) in [5.74, 6) is -0.245. The molecular weight excluding hydrogens is 388 g/mol. The van der Waals surface area contributed by atoms with Gasteiger partial charge in [0.15, 0.2) is 0 Å². The first-order valence-electron chi connectivity index (χ1n) is 8.35. The zero-order chi connectivity index (χ0) is 18.4. The number of nitrogens with zero attached hydrogens (tertiary/aromatic N) is 1. The van der Waals surface area contributed by atoms with Crippen LogP contribution in [0, 0.1) is 0 Å². The molecule has 3 nitrogen and oxygen atoms in total. The molecule has 0 saturated carbocycles. The third-order valence-electron chi connectivity index (χ3n) is 4.10. The van der Waals surface area contributed by atoms with Crippen LogP contribution in [0.4, 0.5) is 0 Å². The van der Waals surface area contributed by atoms with E-state index in [-0.39, 0.29) is 11.8 Å². The van der Waals surface area contributed by atoms with Gasteiger partial charge in [0, 0.05) is 21.7 Å². The van der Waals surface area contributed by atoms with E-state index in [0.717, 1.165) is 21.3 Å². The van der Waals surface area contributed by atoms with Gasteiger partial charge in [-0.05, 0) is 36.2 Å². The van der Waals surface area contributed by atoms with Crippen LogP contribution in [0.15, 0.2) is 94.5 Å². The molecule has 130 valence electrons. The summed E-state index contributed by atoms with van der Waals surface area (Å²) in [7, 11) is 0. The fraction of sp³-hybridized carbons (Fsp3) is 0.0909. The maximum absolute atomic E-state index is 12.4. The van der Waals surface area contributed by atoms with Crippen molar-refractivity contribution in [3.63, 3.8) is 0 Å². The highest BCUT2D eigenvalue weighted by atomic mass is 79.9. The second-order valence-corrected chi connectivity index (χ2v) is 6.87. The van der Waals surface area contributed by atoms with Crippen LogP contribution in [-0.2, 0) is 0 Å². The number of hydrazone groups is 1. The average molecular weight is 407 g/mol. The molecule has 0 aliphatic rings. The fourth-order valence-corrected chi connectivity index (χ4v) is 3.26. The molecule has 0 spiro atoms. The van der Waals surface area contributed by atoms with Crippen molar-refractivity contribution in [2.45, 2.75) is 12.8 Å². The van der Waals surface area contributed by atoms with Crippen molar-refractivity contribution >= 4 is 27.5 Å². The highest BCUT2D eigenvalue weighted by Crippen LogP contribution is 2.26. The van der Waals surface area contributed by atoms with Gasteiger partial charge in [-0.1, -0.05) is 82.7 Å². The Morgan fingerprint density at radius 1 is 0.885 bits per heavy atom. The topological polar surface area (TPSA) is 41.5 Å². The molecular formula is C22H19BrN2O. The minimum Gasteiger partial charge on any atom is -0.267 e. The van der Waals surface area contributed by atoms with Crippen LogP contribution in [0.25, 0.3) is 0 Å². The lowest BCUT2D eigenvalue weighted by Crippen LogP contribution is -2.21. The molecule has 0 unspecified atom stereocenters. The van der Waals surface area contributed by atoms with Gasteiger partial charge in [-0.2, -0.15) is 5.10 Å². The Morgan fingerprint density at radius 2 is 1.46 bits per heavy atom. The van der Waals surface area contributed by atoms with E-state index < -0.39 is 0 Å². The largest absolute Gasteiger partial charge is 0.271 e. The summed E-state index contributed by atoms with van der Waals surface area (Å²) in [4.78, 5) is 12.4. The number of rotatable bonds is 5. The summed E-state index contributed by atoms with van der Waals surface area (Å²) in [5, 5.41) is 4.39. The maximum atomic E-state index is 12.4. The van der Waals surface area contributed by atoms with Crippen molar-refractivity contribution in [2.24, 2.45) is 5.10 Å². The SMILES string of the molecule is C/C(=N\NC(=O)c1cccc(Br)c1)C(c1ccccc1)c1ccccc1. The van der Waals surface area contributed by atoms with Crippen LogP contribution in [0.2, 0.25) is 0 Å². The molecule has 0 heterocycles. The molecule has 0 aliphatic heterocycles. The molecule has 26 heavy (non-hydrogen) atoms. The predicted octanol–water partition coefficient (Wildman–Crippen LogP) is 5.39. The van der Waals surface area contributed by atoms with E-state index >= 15 is 0 Å². The van der Waals surface area contributed by atoms with Gasteiger partial charge in [0.2, 0.25) is 0 Å². The first-order valence-corrected chi connectivity index (χ1v) is 9.14. The van der Waals surface area contributed by atoms with E-state index in [4.69, 9.17) is 0 Å². The minimum atomic E-state index is -0.231. The quantitative estimate of drug-likeness (QED) is 0.447. The van der Waals surface area contributed by atoms with Gasteiger partial charge in [0.05, 0.1) is 0 Å². The van der Waals surface area contributed by atoms with E-state index in [2.05, 4.69) is 50.7 Å². The predicted molar refractivity (Wildman–Crippen MR) is 109 cm³/mol. The Labute approximate surface area is 161 Å². The number of hydrogen-bond donors (Lipinski definition) is 1. The molecule has 3 rings (SSSR count). The lowest BCUT2D eigenvalue weighted by atomic mass is 9.88. The Kier molecular flexibility index (Phi) is 5.97. The van der Waals surface area contributed by atoms with E-state index in [9.17, 15) is 4.79 Å². The number of nitrogens with one attached hydrogen (secondary N) is 1. The summed E-state index contributed by atoms with van der Waals surface area (Å²) in [6.45, 7) is 1.94. The number of halogens is 1. The Bertz CT molecular complexity index is 868. The normalized spacial score (nSPS) is 11.4. The molecule has 0 bridgehead atoms. The van der Waals surface area contributed by atoms with Crippen LogP contribution < -0.4 is 5.43 Å². The maximum Gasteiger partial charge on any atom is 0.271 e. The number of benzene rings is 3. The first kappa shape index (κ1) is 18.1. The lowest BCUT2D eigenvalue weighted by Gasteiger charge is -2.18. The second-order valence-electron chi connectivity index (χ2n) is 5.96. The number of amides is 1. The van der Waals surface area contributed by atoms with Crippen LogP contribution in [0.3, 0.4) is 0 Å². The fourth-order valence-electron chi connectivity index (χ4n) is 2.86. The van der Waals surface area contributed by atoms with Crippen molar-refractivity contribution < 1.29 is 4.79 Å². The average Bonchev–Trinajstić information content (AvgIpc) is 2.68. The summed E-state index contributed by atoms with van der Waals surface area (Å²) in [6.07, 6.45) is 0. The molecule has 3 aromatic rings. The number of carbonyl (C=O) groups is 1. The molecule has 1 amide bonds. The molecule has 4 heteroatoms. The lowest BCUT2D eigenvalue weighted by molar-refractivity contribution is 0.0954. The van der Waals surface area contributed by atoms with E-state index in [1.54, 1.807) is 12.1 Å². The highest BCUT2D eigenvalue weighted by Gasteiger charge is 2.17. The molecule has 0 aromatic heterocycles. The van der Waals surface area contributed by atoms with Crippen molar-refractivity contribution in [3.05, 3.63) is 106 Å². The van der Waals surface area contributed by atoms with E-state index in [0.29, 0.717) is 5.56 Å². The third-order valence-corrected chi connectivity index (χ3v) is 4.60. The third kappa shape index (κ3) is 4.46. The Hall–Kier alpha value is -2.72. The van der Waals surface area contributed by atoms with E-state index in [1.165, 1.54) is 0 Å². The Morgan fingerprint density at radius 3 is 2.00 bits per heavy atom. The van der Waals surface area contributed by atoms with Crippen LogP contribution in [-0.4, -0.2) is 11.6 Å². The monoisotopic (exact) mass is 406 g/mol. The summed E-state index contributed by atoms with van der Waals surface area (Å²) in [6, 6.07) is 27.6. The van der Waals surface area contributed by atoms with Gasteiger partial charge in [-0.15, -0.1) is 0 Å². The van der Waals surface area contributed by atoms with Gasteiger partial charge in [-0.3, -0.25) is 4.79 Å². The smallest absolute Gasteiger partial charge is 0.267 e. The summed E-state index contributed by atoms with van der Waals surface area (Å²) < 4.78 is 0.859. The van der Waals surface area contributed by atoms with Crippen LogP contribution >= 0.6 is 15.9 Å². The minimum absolute atomic E-state index is 0.0137. The van der Waals surface area contributed by atoms with Gasteiger partial charge >= 0.3 is 0 Å². The number of carbonyl (C=O) groups excluding carboxylic acids is 1. The molecule has 0 radical (unpaired) electrons. The first-order chi connectivity index (χ1) is 12.6. The molecule has 0 fully saturated rings. The van der Waals surface area contributed by atoms with Gasteiger partial charge in [-0.25, -0.2) is 5.43 Å². The van der Waals surface area contributed by atoms with Crippen molar-refractivity contribution in [1.29, 1.82) is 0 Å². The zero-order valence-corrected chi connectivity index (χ0v) is 16.0. The standard InChI is InChI=1S/C22H19BrN2O/c1-16(24-25-22(26)19-13-8-14-20(23)15-19)21(17-9-4-2-5-10-17)18-11-6-3-7-12-18/h2-15,21H,1H3,(H,25,26)/b24-16+. The summed E-state index contributed by atoms with van der Waals surface area (Å²) >= 11 is 3.38. The van der Waals surface area contributed by atoms with Crippen molar-refractivity contribution in [3.8, 4) is 0 Å². The zero-order valence-electron chi connectivity index (χ0n) is 14.4. The van der Waals surface area contributed by atoms with Gasteiger partial charge in [0.1, 0.15) is 0 Å². The Balaban J connectivity index is 1.87.